The summed E-state index contributed by atoms with van der Waals surface area (Å²) < 4.78 is 13.1. The summed E-state index contributed by atoms with van der Waals surface area (Å²) in [6.07, 6.45) is 0. The van der Waals surface area contributed by atoms with Gasteiger partial charge in [0.25, 0.3) is 11.6 Å². The van der Waals surface area contributed by atoms with Crippen LogP contribution in [0.4, 0.5) is 15.8 Å². The Morgan fingerprint density at radius 3 is 2.76 bits per heavy atom. The molecule has 0 saturated heterocycles. The lowest BCUT2D eigenvalue weighted by Crippen LogP contribution is -2.50. The van der Waals surface area contributed by atoms with E-state index in [1.807, 2.05) is 13.8 Å². The van der Waals surface area contributed by atoms with Gasteiger partial charge in [0.2, 0.25) is 0 Å². The van der Waals surface area contributed by atoms with Crippen LogP contribution in [0.1, 0.15) is 24.2 Å². The predicted octanol–water partition coefficient (Wildman–Crippen LogP) is 3.77. The smallest absolute Gasteiger partial charge is 0.271 e. The molecule has 0 atom stereocenters. The summed E-state index contributed by atoms with van der Waals surface area (Å²) in [6, 6.07) is 9.93. The number of nitro groups is 1. The Hall–Kier alpha value is -2.61. The molecule has 0 radical (unpaired) electrons. The number of non-ortho nitro benzene ring substituents is 1. The highest BCUT2D eigenvalue weighted by atomic mass is 32.2. The molecule has 0 unspecified atom stereocenters. The van der Waals surface area contributed by atoms with E-state index in [4.69, 9.17) is 0 Å². The van der Waals surface area contributed by atoms with Gasteiger partial charge in [0.1, 0.15) is 5.82 Å². The number of nitro benzene ring substituents is 1. The number of amides is 1. The molecule has 0 saturated carbocycles. The molecule has 6 nitrogen and oxygen atoms in total. The quantitative estimate of drug-likeness (QED) is 0.665. The molecule has 130 valence electrons. The molecule has 0 aromatic heterocycles. The highest BCUT2D eigenvalue weighted by Gasteiger charge is 2.33. The van der Waals surface area contributed by atoms with Gasteiger partial charge in [0.15, 0.2) is 0 Å². The average molecular weight is 361 g/mol. The Morgan fingerprint density at radius 1 is 1.32 bits per heavy atom. The SMILES string of the molecule is CC1(C)CN(NC(=O)c2cccc(F)c2)c2cc([N+](=O)[O-])ccc2S1. The number of anilines is 1. The van der Waals surface area contributed by atoms with Crippen molar-refractivity contribution in [2.24, 2.45) is 0 Å². The van der Waals surface area contributed by atoms with Crippen molar-refractivity contribution in [3.63, 3.8) is 0 Å². The second kappa shape index (κ2) is 6.36. The van der Waals surface area contributed by atoms with Gasteiger partial charge < -0.3 is 0 Å². The number of thioether (sulfide) groups is 1. The fraction of sp³-hybridized carbons (Fsp3) is 0.235. The molecule has 3 rings (SSSR count). The number of hydrazine groups is 1. The van der Waals surface area contributed by atoms with Crippen molar-refractivity contribution in [1.29, 1.82) is 0 Å². The van der Waals surface area contributed by atoms with Gasteiger partial charge in [-0.2, -0.15) is 0 Å². The van der Waals surface area contributed by atoms with Crippen LogP contribution in [-0.4, -0.2) is 22.1 Å². The van der Waals surface area contributed by atoms with Crippen LogP contribution in [0.15, 0.2) is 47.4 Å². The predicted molar refractivity (Wildman–Crippen MR) is 94.2 cm³/mol. The lowest BCUT2D eigenvalue weighted by Gasteiger charge is -2.39. The van der Waals surface area contributed by atoms with Gasteiger partial charge in [-0.25, -0.2) is 4.39 Å². The van der Waals surface area contributed by atoms with Crippen molar-refractivity contribution in [3.8, 4) is 0 Å². The maximum atomic E-state index is 13.3. The third-order valence-corrected chi connectivity index (χ3v) is 4.94. The largest absolute Gasteiger partial charge is 0.283 e. The minimum Gasteiger partial charge on any atom is -0.283 e. The van der Waals surface area contributed by atoms with Crippen molar-refractivity contribution in [1.82, 2.24) is 5.43 Å². The number of halogens is 1. The van der Waals surface area contributed by atoms with E-state index in [2.05, 4.69) is 5.43 Å². The molecule has 1 aliphatic heterocycles. The third-order valence-electron chi connectivity index (χ3n) is 3.69. The fourth-order valence-corrected chi connectivity index (χ4v) is 3.83. The molecular formula is C17H16FN3O3S. The number of fused-ring (bicyclic) bond motifs is 1. The van der Waals surface area contributed by atoms with Gasteiger partial charge in [-0.05, 0) is 38.1 Å². The van der Waals surface area contributed by atoms with Crippen molar-refractivity contribution in [3.05, 3.63) is 64.0 Å². The third kappa shape index (κ3) is 3.74. The Labute approximate surface area is 148 Å². The normalized spacial score (nSPS) is 15.4. The second-order valence-corrected chi connectivity index (χ2v) is 8.06. The highest BCUT2D eigenvalue weighted by Crippen LogP contribution is 2.44. The number of rotatable bonds is 3. The van der Waals surface area contributed by atoms with Gasteiger partial charge >= 0.3 is 0 Å². The van der Waals surface area contributed by atoms with E-state index in [1.165, 1.54) is 30.3 Å². The molecule has 25 heavy (non-hydrogen) atoms. The first-order chi connectivity index (χ1) is 11.7. The summed E-state index contributed by atoms with van der Waals surface area (Å²) in [5, 5.41) is 12.6. The molecule has 2 aromatic carbocycles. The van der Waals surface area contributed by atoms with Crippen LogP contribution in [0.5, 0.6) is 0 Å². The van der Waals surface area contributed by atoms with E-state index in [-0.39, 0.29) is 16.0 Å². The molecule has 1 N–H and O–H groups in total. The van der Waals surface area contributed by atoms with Crippen LogP contribution in [0.3, 0.4) is 0 Å². The lowest BCUT2D eigenvalue weighted by molar-refractivity contribution is -0.384. The molecule has 0 bridgehead atoms. The van der Waals surface area contributed by atoms with Gasteiger partial charge in [0, 0.05) is 27.3 Å². The van der Waals surface area contributed by atoms with Crippen molar-refractivity contribution < 1.29 is 14.1 Å². The Kier molecular flexibility index (Phi) is 4.38. The van der Waals surface area contributed by atoms with Crippen LogP contribution >= 0.6 is 11.8 Å². The van der Waals surface area contributed by atoms with E-state index in [1.54, 1.807) is 22.8 Å². The zero-order chi connectivity index (χ0) is 18.2. The number of benzene rings is 2. The molecule has 2 aromatic rings. The topological polar surface area (TPSA) is 75.5 Å². The molecule has 8 heteroatoms. The highest BCUT2D eigenvalue weighted by molar-refractivity contribution is 8.00. The van der Waals surface area contributed by atoms with E-state index in [0.29, 0.717) is 12.2 Å². The van der Waals surface area contributed by atoms with E-state index in [0.717, 1.165) is 11.0 Å². The first-order valence-electron chi connectivity index (χ1n) is 7.57. The molecule has 1 amide bonds. The van der Waals surface area contributed by atoms with Crippen molar-refractivity contribution in [2.45, 2.75) is 23.5 Å². The van der Waals surface area contributed by atoms with Crippen LogP contribution in [0.25, 0.3) is 0 Å². The Bertz CT molecular complexity index is 857. The lowest BCUT2D eigenvalue weighted by atomic mass is 10.1. The molecule has 1 aliphatic rings. The maximum absolute atomic E-state index is 13.3. The van der Waals surface area contributed by atoms with E-state index < -0.39 is 16.6 Å². The summed E-state index contributed by atoms with van der Waals surface area (Å²) >= 11 is 1.59. The Morgan fingerprint density at radius 2 is 2.08 bits per heavy atom. The van der Waals surface area contributed by atoms with Crippen LogP contribution in [0, 0.1) is 15.9 Å². The fourth-order valence-electron chi connectivity index (χ4n) is 2.63. The summed E-state index contributed by atoms with van der Waals surface area (Å²) in [5.74, 6) is -0.974. The standard InChI is InChI=1S/C17H16FN3O3S/c1-17(2)10-20(19-16(22)11-4-3-5-12(18)8-11)14-9-13(21(23)24)6-7-15(14)25-17/h3-9H,10H2,1-2H3,(H,19,22). The molecular weight excluding hydrogens is 345 g/mol. The molecule has 1 heterocycles. The summed E-state index contributed by atoms with van der Waals surface area (Å²) in [4.78, 5) is 23.9. The Balaban J connectivity index is 1.94. The van der Waals surface area contributed by atoms with Crippen molar-refractivity contribution >= 4 is 29.0 Å². The van der Waals surface area contributed by atoms with Crippen LogP contribution in [-0.2, 0) is 0 Å². The minimum atomic E-state index is -0.502. The van der Waals surface area contributed by atoms with E-state index in [9.17, 15) is 19.3 Å². The summed E-state index contributed by atoms with van der Waals surface area (Å²) in [7, 11) is 0. The maximum Gasteiger partial charge on any atom is 0.271 e. The van der Waals surface area contributed by atoms with Gasteiger partial charge in [-0.1, -0.05) is 6.07 Å². The number of hydrogen-bond donors (Lipinski definition) is 1. The number of carbonyl (C=O) groups is 1. The first kappa shape index (κ1) is 17.2. The molecule has 0 aliphatic carbocycles. The molecule has 0 fully saturated rings. The average Bonchev–Trinajstić information content (AvgIpc) is 2.53. The second-order valence-electron chi connectivity index (χ2n) is 6.31. The van der Waals surface area contributed by atoms with Crippen LogP contribution < -0.4 is 10.4 Å². The summed E-state index contributed by atoms with van der Waals surface area (Å²) in [5.41, 5.74) is 3.42. The van der Waals surface area contributed by atoms with Crippen LogP contribution in [0.2, 0.25) is 0 Å². The summed E-state index contributed by atoms with van der Waals surface area (Å²) in [6.45, 7) is 4.49. The monoisotopic (exact) mass is 361 g/mol. The zero-order valence-electron chi connectivity index (χ0n) is 13.7. The van der Waals surface area contributed by atoms with E-state index >= 15 is 0 Å². The van der Waals surface area contributed by atoms with Gasteiger partial charge in [-0.3, -0.25) is 25.3 Å². The minimum absolute atomic E-state index is 0.0518. The molecule has 0 spiro atoms. The van der Waals surface area contributed by atoms with Gasteiger partial charge in [0.05, 0.1) is 17.2 Å². The first-order valence-corrected chi connectivity index (χ1v) is 8.38. The van der Waals surface area contributed by atoms with Crippen molar-refractivity contribution in [2.75, 3.05) is 11.6 Å². The number of nitrogens with zero attached hydrogens (tertiary/aromatic N) is 2. The zero-order valence-corrected chi connectivity index (χ0v) is 14.5. The number of carbonyl (C=O) groups excluding carboxylic acids is 1. The number of nitrogens with one attached hydrogen (secondary N) is 1. The number of hydrogen-bond acceptors (Lipinski definition) is 5. The van der Waals surface area contributed by atoms with Gasteiger partial charge in [-0.15, -0.1) is 11.8 Å².